The highest BCUT2D eigenvalue weighted by Gasteiger charge is 2.15. The number of ether oxygens (including phenoxy) is 1. The van der Waals surface area contributed by atoms with Crippen molar-refractivity contribution in [3.05, 3.63) is 57.6 Å². The fraction of sp³-hybridized carbons (Fsp3) is 0.188. The summed E-state index contributed by atoms with van der Waals surface area (Å²) in [7, 11) is 1.40. The van der Waals surface area contributed by atoms with Crippen LogP contribution in [0.1, 0.15) is 21.5 Å². The average Bonchev–Trinajstić information content (AvgIpc) is 2.44. The van der Waals surface area contributed by atoms with E-state index in [1.54, 1.807) is 6.07 Å². The Balaban J connectivity index is 2.66. The van der Waals surface area contributed by atoms with E-state index >= 15 is 0 Å². The van der Waals surface area contributed by atoms with Crippen molar-refractivity contribution in [3.63, 3.8) is 0 Å². The largest absolute Gasteiger partial charge is 0.465 e. The van der Waals surface area contributed by atoms with Crippen LogP contribution < -0.4 is 0 Å². The van der Waals surface area contributed by atoms with Crippen molar-refractivity contribution in [1.29, 1.82) is 0 Å². The Morgan fingerprint density at radius 3 is 2.42 bits per heavy atom. The summed E-state index contributed by atoms with van der Waals surface area (Å²) in [6.07, 6.45) is 0. The maximum Gasteiger partial charge on any atom is 0.338 e. The summed E-state index contributed by atoms with van der Waals surface area (Å²) in [5, 5.41) is 0. The Morgan fingerprint density at radius 2 is 1.74 bits per heavy atom. The van der Waals surface area contributed by atoms with Crippen molar-refractivity contribution in [3.8, 4) is 11.1 Å². The number of rotatable bonds is 2. The van der Waals surface area contributed by atoms with Crippen molar-refractivity contribution in [2.45, 2.75) is 13.8 Å². The maximum atomic E-state index is 11.8. The first-order valence-corrected chi connectivity index (χ1v) is 6.79. The minimum atomic E-state index is -0.319. The summed E-state index contributed by atoms with van der Waals surface area (Å²) < 4.78 is 5.86. The average molecular weight is 319 g/mol. The summed E-state index contributed by atoms with van der Waals surface area (Å²) in [5.74, 6) is -0.319. The lowest BCUT2D eigenvalue weighted by Crippen LogP contribution is -2.03. The number of carbonyl (C=O) groups is 1. The molecule has 19 heavy (non-hydrogen) atoms. The zero-order valence-electron chi connectivity index (χ0n) is 11.2. The van der Waals surface area contributed by atoms with Crippen LogP contribution in [0.2, 0.25) is 0 Å². The van der Waals surface area contributed by atoms with E-state index in [0.29, 0.717) is 5.56 Å². The van der Waals surface area contributed by atoms with Crippen molar-refractivity contribution >= 4 is 21.9 Å². The molecule has 0 fully saturated rings. The monoisotopic (exact) mass is 318 g/mol. The molecule has 98 valence electrons. The molecule has 0 bridgehead atoms. The van der Waals surface area contributed by atoms with Crippen LogP contribution in [-0.4, -0.2) is 13.1 Å². The number of benzene rings is 2. The van der Waals surface area contributed by atoms with E-state index in [1.807, 2.05) is 24.3 Å². The Kier molecular flexibility index (Phi) is 4.05. The minimum Gasteiger partial charge on any atom is -0.465 e. The highest BCUT2D eigenvalue weighted by Crippen LogP contribution is 2.34. The van der Waals surface area contributed by atoms with Gasteiger partial charge >= 0.3 is 5.97 Å². The fourth-order valence-corrected chi connectivity index (χ4v) is 2.65. The molecule has 0 heterocycles. The van der Waals surface area contributed by atoms with Gasteiger partial charge < -0.3 is 4.74 Å². The summed E-state index contributed by atoms with van der Waals surface area (Å²) in [6, 6.07) is 11.6. The summed E-state index contributed by atoms with van der Waals surface area (Å²) in [5.41, 5.74) is 4.85. The zero-order valence-corrected chi connectivity index (χ0v) is 12.7. The quantitative estimate of drug-likeness (QED) is 0.761. The van der Waals surface area contributed by atoms with Gasteiger partial charge in [0.15, 0.2) is 0 Å². The summed E-state index contributed by atoms with van der Waals surface area (Å²) >= 11 is 3.62. The van der Waals surface area contributed by atoms with Gasteiger partial charge in [0, 0.05) is 4.47 Å². The predicted molar refractivity (Wildman–Crippen MR) is 80.4 cm³/mol. The van der Waals surface area contributed by atoms with E-state index in [0.717, 1.165) is 15.6 Å². The first-order valence-electron chi connectivity index (χ1n) is 5.99. The Labute approximate surface area is 121 Å². The van der Waals surface area contributed by atoms with Crippen LogP contribution in [0.3, 0.4) is 0 Å². The molecule has 0 saturated carbocycles. The molecule has 0 atom stereocenters. The molecule has 2 aromatic rings. The second kappa shape index (κ2) is 5.57. The molecule has 2 aromatic carbocycles. The smallest absolute Gasteiger partial charge is 0.338 e. The molecule has 0 aliphatic heterocycles. The lowest BCUT2D eigenvalue weighted by molar-refractivity contribution is 0.0601. The van der Waals surface area contributed by atoms with Gasteiger partial charge in [-0.25, -0.2) is 4.79 Å². The van der Waals surface area contributed by atoms with Crippen molar-refractivity contribution in [1.82, 2.24) is 0 Å². The topological polar surface area (TPSA) is 26.3 Å². The standard InChI is InChI=1S/C16H15BrO2/c1-10-8-9-13(15(17)11(10)2)12-6-4-5-7-14(12)16(18)19-3/h4-9H,1-3H3. The number of hydrogen-bond acceptors (Lipinski definition) is 2. The first kappa shape index (κ1) is 13.8. The van der Waals surface area contributed by atoms with Gasteiger partial charge in [0.25, 0.3) is 0 Å². The molecule has 0 saturated heterocycles. The van der Waals surface area contributed by atoms with Crippen LogP contribution in [0.25, 0.3) is 11.1 Å². The second-order valence-electron chi connectivity index (χ2n) is 4.41. The number of halogens is 1. The lowest BCUT2D eigenvalue weighted by atomic mass is 9.96. The van der Waals surface area contributed by atoms with Crippen LogP contribution in [0.4, 0.5) is 0 Å². The SMILES string of the molecule is COC(=O)c1ccccc1-c1ccc(C)c(C)c1Br. The van der Waals surface area contributed by atoms with Gasteiger partial charge in [0.05, 0.1) is 12.7 Å². The van der Waals surface area contributed by atoms with Crippen molar-refractivity contribution in [2.24, 2.45) is 0 Å². The molecule has 2 rings (SSSR count). The van der Waals surface area contributed by atoms with Gasteiger partial charge in [-0.1, -0.05) is 30.3 Å². The molecule has 0 spiro atoms. The second-order valence-corrected chi connectivity index (χ2v) is 5.20. The summed E-state index contributed by atoms with van der Waals surface area (Å²) in [6.45, 7) is 4.12. The highest BCUT2D eigenvalue weighted by molar-refractivity contribution is 9.10. The molecule has 3 heteroatoms. The third-order valence-corrected chi connectivity index (χ3v) is 4.30. The first-order chi connectivity index (χ1) is 9.06. The molecule has 0 unspecified atom stereocenters. The minimum absolute atomic E-state index is 0.319. The Morgan fingerprint density at radius 1 is 1.05 bits per heavy atom. The molecule has 0 aliphatic carbocycles. The van der Waals surface area contributed by atoms with Gasteiger partial charge in [0.1, 0.15) is 0 Å². The fourth-order valence-electron chi connectivity index (χ4n) is 2.00. The number of methoxy groups -OCH3 is 1. The third-order valence-electron chi connectivity index (χ3n) is 3.28. The molecular formula is C16H15BrO2. The van der Waals surface area contributed by atoms with Gasteiger partial charge in [-0.3, -0.25) is 0 Å². The van der Waals surface area contributed by atoms with Gasteiger partial charge in [-0.2, -0.15) is 0 Å². The molecule has 0 amide bonds. The number of carbonyl (C=O) groups excluding carboxylic acids is 1. The Hall–Kier alpha value is -1.61. The van der Waals surface area contributed by atoms with E-state index in [-0.39, 0.29) is 5.97 Å². The van der Waals surface area contributed by atoms with Crippen LogP contribution >= 0.6 is 15.9 Å². The molecular weight excluding hydrogens is 304 g/mol. The highest BCUT2D eigenvalue weighted by atomic mass is 79.9. The van der Waals surface area contributed by atoms with Crippen LogP contribution in [-0.2, 0) is 4.74 Å². The third kappa shape index (κ3) is 2.56. The Bertz CT molecular complexity index is 633. The van der Waals surface area contributed by atoms with E-state index in [9.17, 15) is 4.79 Å². The van der Waals surface area contributed by atoms with Gasteiger partial charge in [-0.15, -0.1) is 0 Å². The van der Waals surface area contributed by atoms with Crippen molar-refractivity contribution < 1.29 is 9.53 Å². The maximum absolute atomic E-state index is 11.8. The van der Waals surface area contributed by atoms with Gasteiger partial charge in [0.2, 0.25) is 0 Å². The lowest BCUT2D eigenvalue weighted by Gasteiger charge is -2.13. The normalized spacial score (nSPS) is 10.3. The van der Waals surface area contributed by atoms with E-state index in [1.165, 1.54) is 18.2 Å². The number of esters is 1. The van der Waals surface area contributed by atoms with E-state index in [2.05, 4.69) is 35.8 Å². The van der Waals surface area contributed by atoms with Crippen LogP contribution in [0.5, 0.6) is 0 Å². The molecule has 0 N–H and O–H groups in total. The van der Waals surface area contributed by atoms with Crippen LogP contribution in [0, 0.1) is 13.8 Å². The molecule has 0 aromatic heterocycles. The summed E-state index contributed by atoms with van der Waals surface area (Å²) in [4.78, 5) is 11.8. The predicted octanol–water partition coefficient (Wildman–Crippen LogP) is 4.52. The number of hydrogen-bond donors (Lipinski definition) is 0. The van der Waals surface area contributed by atoms with Crippen molar-refractivity contribution in [2.75, 3.05) is 7.11 Å². The van der Waals surface area contributed by atoms with E-state index in [4.69, 9.17) is 4.74 Å². The van der Waals surface area contributed by atoms with Crippen LogP contribution in [0.15, 0.2) is 40.9 Å². The number of aryl methyl sites for hydroxylation is 1. The molecule has 0 radical (unpaired) electrons. The zero-order chi connectivity index (χ0) is 14.0. The van der Waals surface area contributed by atoms with Gasteiger partial charge in [-0.05, 0) is 58.1 Å². The van der Waals surface area contributed by atoms with E-state index < -0.39 is 0 Å². The molecule has 0 aliphatic rings. The molecule has 2 nitrogen and oxygen atoms in total.